The van der Waals surface area contributed by atoms with Gasteiger partial charge in [-0.3, -0.25) is 4.68 Å². The molecule has 0 aliphatic carbocycles. The number of nitrogens with zero attached hydrogens (tertiary/aromatic N) is 3. The van der Waals surface area contributed by atoms with Gasteiger partial charge in [0.1, 0.15) is 18.5 Å². The summed E-state index contributed by atoms with van der Waals surface area (Å²) in [4.78, 5) is 2.35. The number of ether oxygens (including phenoxy) is 1. The third-order valence-corrected chi connectivity index (χ3v) is 5.52. The van der Waals surface area contributed by atoms with E-state index >= 15 is 0 Å². The highest BCUT2D eigenvalue weighted by atomic mass is 35.5. The van der Waals surface area contributed by atoms with Gasteiger partial charge in [0.15, 0.2) is 0 Å². The van der Waals surface area contributed by atoms with Crippen molar-refractivity contribution in [1.29, 1.82) is 0 Å². The molecular formula is C22H33ClN4O2. The number of nitrogens with one attached hydrogen (secondary N) is 1. The molecule has 1 aliphatic heterocycles. The fourth-order valence-electron chi connectivity index (χ4n) is 3.74. The van der Waals surface area contributed by atoms with Crippen LogP contribution in [-0.2, 0) is 20.0 Å². The first kappa shape index (κ1) is 22.1. The van der Waals surface area contributed by atoms with E-state index in [1.54, 1.807) is 0 Å². The number of rotatable bonds is 10. The zero-order chi connectivity index (χ0) is 20.5. The van der Waals surface area contributed by atoms with Crippen LogP contribution in [0.15, 0.2) is 30.6 Å². The monoisotopic (exact) mass is 420 g/mol. The van der Waals surface area contributed by atoms with E-state index in [0.29, 0.717) is 24.7 Å². The maximum Gasteiger partial charge on any atom is 0.124 e. The van der Waals surface area contributed by atoms with Crippen LogP contribution in [-0.4, -0.2) is 58.7 Å². The number of β-amino-alcohol motifs (C(OH)–C–C–N with tert-alkyl or cyclic N) is 1. The Morgan fingerprint density at radius 3 is 2.76 bits per heavy atom. The number of aliphatic hydroxyl groups is 1. The van der Waals surface area contributed by atoms with Crippen LogP contribution in [0.4, 0.5) is 0 Å². The maximum atomic E-state index is 10.4. The summed E-state index contributed by atoms with van der Waals surface area (Å²) >= 11 is 6.18. The number of hydrogen-bond acceptors (Lipinski definition) is 5. The Kier molecular flexibility index (Phi) is 8.80. The van der Waals surface area contributed by atoms with Crippen molar-refractivity contribution in [3.63, 3.8) is 0 Å². The average Bonchev–Trinajstić information content (AvgIpc) is 2.95. The molecule has 0 bridgehead atoms. The normalized spacial score (nSPS) is 16.5. The molecule has 1 aromatic carbocycles. The molecule has 1 fully saturated rings. The average molecular weight is 421 g/mol. The highest BCUT2D eigenvalue weighted by Gasteiger charge is 2.15. The molecule has 6 nitrogen and oxygen atoms in total. The van der Waals surface area contributed by atoms with Crippen molar-refractivity contribution in [2.45, 2.75) is 44.8 Å². The molecule has 2 N–H and O–H groups in total. The number of aliphatic hydroxyl groups excluding tert-OH is 1. The van der Waals surface area contributed by atoms with Crippen molar-refractivity contribution in [2.75, 3.05) is 32.8 Å². The molecule has 0 radical (unpaired) electrons. The number of aryl methyl sites for hydroxylation is 1. The van der Waals surface area contributed by atoms with E-state index in [-0.39, 0.29) is 0 Å². The number of likely N-dealkylation sites (tertiary alicyclic amines) is 1. The van der Waals surface area contributed by atoms with Gasteiger partial charge in [0.2, 0.25) is 0 Å². The van der Waals surface area contributed by atoms with Crippen LogP contribution >= 0.6 is 11.6 Å². The fraction of sp³-hybridized carbons (Fsp3) is 0.591. The lowest BCUT2D eigenvalue weighted by Crippen LogP contribution is -2.36. The molecule has 29 heavy (non-hydrogen) atoms. The van der Waals surface area contributed by atoms with Gasteiger partial charge in [0.25, 0.3) is 0 Å². The molecule has 2 aromatic rings. The van der Waals surface area contributed by atoms with Crippen LogP contribution in [0.5, 0.6) is 5.75 Å². The Balaban J connectivity index is 1.45. The van der Waals surface area contributed by atoms with Gasteiger partial charge < -0.3 is 20.1 Å². The molecule has 7 heteroatoms. The number of benzene rings is 1. The van der Waals surface area contributed by atoms with Crippen LogP contribution in [0.1, 0.15) is 36.8 Å². The van der Waals surface area contributed by atoms with Crippen molar-refractivity contribution in [3.05, 3.63) is 46.7 Å². The summed E-state index contributed by atoms with van der Waals surface area (Å²) in [6, 6.07) is 5.64. The summed E-state index contributed by atoms with van der Waals surface area (Å²) in [7, 11) is 1.92. The molecule has 1 atom stereocenters. The first-order chi connectivity index (χ1) is 14.1. The summed E-state index contributed by atoms with van der Waals surface area (Å²) in [6.45, 7) is 4.62. The minimum atomic E-state index is -0.491. The number of hydrogen-bond donors (Lipinski definition) is 2. The Labute approximate surface area is 178 Å². The van der Waals surface area contributed by atoms with E-state index in [1.165, 1.54) is 31.2 Å². The van der Waals surface area contributed by atoms with Crippen molar-refractivity contribution in [3.8, 4) is 5.75 Å². The van der Waals surface area contributed by atoms with Crippen LogP contribution in [0.2, 0.25) is 5.02 Å². The molecule has 0 amide bonds. The third kappa shape index (κ3) is 7.63. The van der Waals surface area contributed by atoms with Gasteiger partial charge in [-0.05, 0) is 62.7 Å². The second-order valence-corrected chi connectivity index (χ2v) is 8.32. The SMILES string of the molecule is Cn1cc(CCNCc2cc(Cl)ccc2OCC(O)CN2CCCCCC2)cn1. The van der Waals surface area contributed by atoms with E-state index in [1.807, 2.05) is 42.3 Å². The lowest BCUT2D eigenvalue weighted by Gasteiger charge is -2.23. The predicted molar refractivity (Wildman–Crippen MR) is 116 cm³/mol. The summed E-state index contributed by atoms with van der Waals surface area (Å²) in [5, 5.41) is 18.7. The van der Waals surface area contributed by atoms with E-state index in [2.05, 4.69) is 15.3 Å². The molecule has 0 spiro atoms. The quantitative estimate of drug-likeness (QED) is 0.578. The van der Waals surface area contributed by atoms with Crippen molar-refractivity contribution >= 4 is 11.6 Å². The zero-order valence-corrected chi connectivity index (χ0v) is 18.1. The van der Waals surface area contributed by atoms with Gasteiger partial charge in [0, 0.05) is 36.9 Å². The minimum absolute atomic E-state index is 0.292. The second kappa shape index (κ2) is 11.6. The zero-order valence-electron chi connectivity index (χ0n) is 17.3. The number of halogens is 1. The second-order valence-electron chi connectivity index (χ2n) is 7.88. The Morgan fingerprint density at radius 1 is 1.24 bits per heavy atom. The van der Waals surface area contributed by atoms with E-state index < -0.39 is 6.10 Å². The molecule has 160 valence electrons. The molecule has 1 aromatic heterocycles. The molecular weight excluding hydrogens is 388 g/mol. The van der Waals surface area contributed by atoms with Gasteiger partial charge in [-0.25, -0.2) is 0 Å². The van der Waals surface area contributed by atoms with Gasteiger partial charge in [-0.2, -0.15) is 5.10 Å². The first-order valence-electron chi connectivity index (χ1n) is 10.6. The molecule has 1 saturated heterocycles. The van der Waals surface area contributed by atoms with Crippen LogP contribution in [0.25, 0.3) is 0 Å². The van der Waals surface area contributed by atoms with E-state index in [9.17, 15) is 5.11 Å². The lowest BCUT2D eigenvalue weighted by atomic mass is 10.2. The maximum absolute atomic E-state index is 10.4. The van der Waals surface area contributed by atoms with Crippen molar-refractivity contribution < 1.29 is 9.84 Å². The summed E-state index contributed by atoms with van der Waals surface area (Å²) in [6.07, 6.45) is 9.38. The highest BCUT2D eigenvalue weighted by Crippen LogP contribution is 2.23. The van der Waals surface area contributed by atoms with Crippen LogP contribution in [0.3, 0.4) is 0 Å². The first-order valence-corrected chi connectivity index (χ1v) is 11.0. The van der Waals surface area contributed by atoms with Crippen molar-refractivity contribution in [2.24, 2.45) is 7.05 Å². The van der Waals surface area contributed by atoms with Crippen LogP contribution in [0, 0.1) is 0 Å². The standard InChI is InChI=1S/C22H33ClN4O2/c1-26-15-18(13-25-26)8-9-24-14-19-12-20(23)6-7-22(19)29-17-21(28)16-27-10-4-2-3-5-11-27/h6-7,12-13,15,21,24,28H,2-5,8-11,14,16-17H2,1H3. The summed E-state index contributed by atoms with van der Waals surface area (Å²) in [5.74, 6) is 0.776. The summed E-state index contributed by atoms with van der Waals surface area (Å²) in [5.41, 5.74) is 2.21. The largest absolute Gasteiger partial charge is 0.491 e. The predicted octanol–water partition coefficient (Wildman–Crippen LogP) is 3.02. The summed E-state index contributed by atoms with van der Waals surface area (Å²) < 4.78 is 7.77. The third-order valence-electron chi connectivity index (χ3n) is 5.29. The number of aromatic nitrogens is 2. The van der Waals surface area contributed by atoms with Crippen molar-refractivity contribution in [1.82, 2.24) is 20.0 Å². The molecule has 1 unspecified atom stereocenters. The Morgan fingerprint density at radius 2 is 2.03 bits per heavy atom. The molecule has 1 aliphatic rings. The molecule has 3 rings (SSSR count). The molecule has 0 saturated carbocycles. The topological polar surface area (TPSA) is 62.6 Å². The molecule has 2 heterocycles. The van der Waals surface area contributed by atoms with E-state index in [0.717, 1.165) is 37.4 Å². The highest BCUT2D eigenvalue weighted by molar-refractivity contribution is 6.30. The minimum Gasteiger partial charge on any atom is -0.491 e. The van der Waals surface area contributed by atoms with E-state index in [4.69, 9.17) is 16.3 Å². The Bertz CT molecular complexity index is 744. The van der Waals surface area contributed by atoms with Crippen LogP contribution < -0.4 is 10.1 Å². The Hall–Kier alpha value is -1.60. The van der Waals surface area contributed by atoms with Gasteiger partial charge in [-0.1, -0.05) is 24.4 Å². The van der Waals surface area contributed by atoms with Gasteiger partial charge in [-0.15, -0.1) is 0 Å². The van der Waals surface area contributed by atoms with Gasteiger partial charge >= 0.3 is 0 Å². The lowest BCUT2D eigenvalue weighted by molar-refractivity contribution is 0.0690. The van der Waals surface area contributed by atoms with Gasteiger partial charge in [0.05, 0.1) is 6.20 Å². The fourth-order valence-corrected chi connectivity index (χ4v) is 3.93. The smallest absolute Gasteiger partial charge is 0.124 e.